The number of nitrogens with zero attached hydrogens (tertiary/aromatic N) is 1. The molecule has 0 amide bonds. The highest BCUT2D eigenvalue weighted by atomic mass is 127. The van der Waals surface area contributed by atoms with Gasteiger partial charge >= 0.3 is 0 Å². The van der Waals surface area contributed by atoms with Gasteiger partial charge < -0.3 is 14.8 Å². The van der Waals surface area contributed by atoms with Crippen molar-refractivity contribution < 1.29 is 10.2 Å². The highest BCUT2D eigenvalue weighted by Crippen LogP contribution is 2.36. The van der Waals surface area contributed by atoms with Crippen molar-refractivity contribution in [2.45, 2.75) is 0 Å². The van der Waals surface area contributed by atoms with Gasteiger partial charge in [-0.1, -0.05) is 0 Å². The number of phenols is 2. The second kappa shape index (κ2) is 2.80. The van der Waals surface area contributed by atoms with Gasteiger partial charge in [0.05, 0.1) is 9.09 Å². The Hall–Kier alpha value is -0.910. The Labute approximate surface area is 88.7 Å². The van der Waals surface area contributed by atoms with Crippen LogP contribution in [0.2, 0.25) is 0 Å². The molecule has 68 valence electrons. The van der Waals surface area contributed by atoms with Crippen LogP contribution in [0.3, 0.4) is 0 Å². The molecular weight excluding hydrogens is 281 g/mol. The number of aromatic nitrogens is 1. The molecule has 0 saturated carbocycles. The molecule has 0 spiro atoms. The normalized spacial score (nSPS) is 10.9. The van der Waals surface area contributed by atoms with E-state index in [2.05, 4.69) is 0 Å². The molecule has 0 unspecified atom stereocenters. The first kappa shape index (κ1) is 8.68. The molecule has 1 aromatic carbocycles. The van der Waals surface area contributed by atoms with Gasteiger partial charge in [-0.25, -0.2) is 0 Å². The van der Waals surface area contributed by atoms with E-state index in [1.54, 1.807) is 6.07 Å². The maximum atomic E-state index is 9.48. The highest BCUT2D eigenvalue weighted by Gasteiger charge is 2.11. The maximum absolute atomic E-state index is 9.48. The molecule has 0 fully saturated rings. The summed E-state index contributed by atoms with van der Waals surface area (Å²) in [4.78, 5) is 0. The number of rotatable bonds is 0. The molecule has 0 saturated heterocycles. The number of halogens is 1. The Bertz CT molecular complexity index is 476. The summed E-state index contributed by atoms with van der Waals surface area (Å²) < 4.78 is 2.59. The molecular formula is C9H8INO2. The van der Waals surface area contributed by atoms with Gasteiger partial charge in [0, 0.05) is 18.6 Å². The largest absolute Gasteiger partial charge is 0.504 e. The minimum absolute atomic E-state index is 0.0464. The van der Waals surface area contributed by atoms with Gasteiger partial charge in [-0.2, -0.15) is 0 Å². The second-order valence-corrected chi connectivity index (χ2v) is 4.00. The van der Waals surface area contributed by atoms with Crippen LogP contribution in [0.25, 0.3) is 10.9 Å². The number of fused-ring (bicyclic) bond motifs is 1. The molecule has 1 heterocycles. The standard InChI is InChI=1S/C9H8INO2/c1-11-3-2-5-4-6(12)9(13)7(10)8(5)11/h2-4,12-13H,1H3. The van der Waals surface area contributed by atoms with Gasteiger partial charge in [-0.3, -0.25) is 0 Å². The molecule has 0 aliphatic carbocycles. The Morgan fingerprint density at radius 3 is 2.77 bits per heavy atom. The third-order valence-electron chi connectivity index (χ3n) is 2.05. The summed E-state index contributed by atoms with van der Waals surface area (Å²) in [7, 11) is 1.90. The number of benzene rings is 1. The smallest absolute Gasteiger partial charge is 0.173 e. The molecule has 0 aliphatic rings. The van der Waals surface area contributed by atoms with E-state index in [0.29, 0.717) is 3.57 Å². The van der Waals surface area contributed by atoms with Crippen LogP contribution in [-0.2, 0) is 7.05 Å². The van der Waals surface area contributed by atoms with Crippen LogP contribution in [0, 0.1) is 3.57 Å². The van der Waals surface area contributed by atoms with Gasteiger partial charge in [0.1, 0.15) is 0 Å². The monoisotopic (exact) mass is 289 g/mol. The van der Waals surface area contributed by atoms with Gasteiger partial charge in [0.15, 0.2) is 11.5 Å². The summed E-state index contributed by atoms with van der Waals surface area (Å²) in [6.45, 7) is 0. The summed E-state index contributed by atoms with van der Waals surface area (Å²) in [5.41, 5.74) is 0.941. The van der Waals surface area contributed by atoms with E-state index in [9.17, 15) is 10.2 Å². The molecule has 0 bridgehead atoms. The Morgan fingerprint density at radius 2 is 2.08 bits per heavy atom. The molecule has 2 N–H and O–H groups in total. The van der Waals surface area contributed by atoms with Gasteiger partial charge in [0.2, 0.25) is 0 Å². The van der Waals surface area contributed by atoms with E-state index in [4.69, 9.17) is 0 Å². The highest BCUT2D eigenvalue weighted by molar-refractivity contribution is 14.1. The van der Waals surface area contributed by atoms with E-state index in [-0.39, 0.29) is 11.5 Å². The minimum Gasteiger partial charge on any atom is -0.504 e. The first-order chi connectivity index (χ1) is 6.11. The van der Waals surface area contributed by atoms with Crippen LogP contribution < -0.4 is 0 Å². The van der Waals surface area contributed by atoms with Crippen LogP contribution in [0.5, 0.6) is 11.5 Å². The van der Waals surface area contributed by atoms with E-state index in [1.807, 2.05) is 46.5 Å². The number of aromatic hydroxyl groups is 2. The third-order valence-corrected chi connectivity index (χ3v) is 3.08. The fraction of sp³-hybridized carbons (Fsp3) is 0.111. The Kier molecular flexibility index (Phi) is 1.87. The number of hydrogen-bond acceptors (Lipinski definition) is 2. The molecule has 2 aromatic rings. The topological polar surface area (TPSA) is 45.4 Å². The van der Waals surface area contributed by atoms with Gasteiger partial charge in [0.25, 0.3) is 0 Å². The molecule has 0 aliphatic heterocycles. The fourth-order valence-electron chi connectivity index (χ4n) is 1.39. The first-order valence-corrected chi connectivity index (χ1v) is 4.84. The summed E-state index contributed by atoms with van der Waals surface area (Å²) in [6, 6.07) is 3.46. The zero-order chi connectivity index (χ0) is 9.59. The van der Waals surface area contributed by atoms with E-state index in [1.165, 1.54) is 0 Å². The van der Waals surface area contributed by atoms with Crippen LogP contribution in [0.15, 0.2) is 18.3 Å². The lowest BCUT2D eigenvalue weighted by Crippen LogP contribution is -1.87. The maximum Gasteiger partial charge on any atom is 0.173 e. The van der Waals surface area contributed by atoms with Crippen molar-refractivity contribution in [2.75, 3.05) is 0 Å². The summed E-state index contributed by atoms with van der Waals surface area (Å²) in [5.74, 6) is -0.113. The molecule has 2 rings (SSSR count). The van der Waals surface area contributed by atoms with E-state index >= 15 is 0 Å². The van der Waals surface area contributed by atoms with Crippen molar-refractivity contribution in [1.82, 2.24) is 4.57 Å². The first-order valence-electron chi connectivity index (χ1n) is 3.76. The number of aryl methyl sites for hydroxylation is 1. The summed E-state index contributed by atoms with van der Waals surface area (Å²) in [6.07, 6.45) is 1.89. The van der Waals surface area contributed by atoms with Crippen molar-refractivity contribution >= 4 is 33.5 Å². The Balaban J connectivity index is 2.97. The molecule has 4 heteroatoms. The lowest BCUT2D eigenvalue weighted by atomic mass is 10.2. The van der Waals surface area contributed by atoms with Gasteiger partial charge in [-0.05, 0) is 34.7 Å². The van der Waals surface area contributed by atoms with Crippen molar-refractivity contribution in [1.29, 1.82) is 0 Å². The van der Waals surface area contributed by atoms with Crippen molar-refractivity contribution in [3.63, 3.8) is 0 Å². The van der Waals surface area contributed by atoms with Crippen molar-refractivity contribution in [3.05, 3.63) is 21.9 Å². The molecule has 0 atom stereocenters. The van der Waals surface area contributed by atoms with Crippen LogP contribution in [0.1, 0.15) is 0 Å². The zero-order valence-electron chi connectivity index (χ0n) is 6.95. The lowest BCUT2D eigenvalue weighted by Gasteiger charge is -2.04. The predicted octanol–water partition coefficient (Wildman–Crippen LogP) is 2.19. The second-order valence-electron chi connectivity index (χ2n) is 2.92. The average Bonchev–Trinajstić information content (AvgIpc) is 2.43. The van der Waals surface area contributed by atoms with Crippen LogP contribution >= 0.6 is 22.6 Å². The van der Waals surface area contributed by atoms with E-state index < -0.39 is 0 Å². The quantitative estimate of drug-likeness (QED) is 0.577. The molecule has 13 heavy (non-hydrogen) atoms. The van der Waals surface area contributed by atoms with Crippen molar-refractivity contribution in [2.24, 2.45) is 7.05 Å². The third kappa shape index (κ3) is 1.16. The summed E-state index contributed by atoms with van der Waals surface area (Å²) >= 11 is 2.02. The van der Waals surface area contributed by atoms with Crippen LogP contribution in [0.4, 0.5) is 0 Å². The van der Waals surface area contributed by atoms with Crippen LogP contribution in [-0.4, -0.2) is 14.8 Å². The lowest BCUT2D eigenvalue weighted by molar-refractivity contribution is 0.402. The molecule has 3 nitrogen and oxygen atoms in total. The SMILES string of the molecule is Cn1ccc2cc(O)c(O)c(I)c21. The fourth-order valence-corrected chi connectivity index (χ4v) is 2.36. The number of phenolic OH excluding ortho intramolecular Hbond substituents is 2. The average molecular weight is 289 g/mol. The zero-order valence-corrected chi connectivity index (χ0v) is 9.11. The molecule has 0 radical (unpaired) electrons. The van der Waals surface area contributed by atoms with Gasteiger partial charge in [-0.15, -0.1) is 0 Å². The van der Waals surface area contributed by atoms with E-state index in [0.717, 1.165) is 10.9 Å². The number of hydrogen-bond donors (Lipinski definition) is 2. The predicted molar refractivity (Wildman–Crippen MR) is 59.0 cm³/mol. The Morgan fingerprint density at radius 1 is 1.38 bits per heavy atom. The van der Waals surface area contributed by atoms with Crippen molar-refractivity contribution in [3.8, 4) is 11.5 Å². The summed E-state index contributed by atoms with van der Waals surface area (Å²) in [5, 5.41) is 19.8. The molecule has 1 aromatic heterocycles. The minimum atomic E-state index is -0.0666.